The number of pyridine rings is 2. The number of hydrogen-bond donors (Lipinski definition) is 2. The summed E-state index contributed by atoms with van der Waals surface area (Å²) in [4.78, 5) is 34.3. The molecule has 2 spiro atoms. The second kappa shape index (κ2) is 23.7. The van der Waals surface area contributed by atoms with Crippen molar-refractivity contribution in [2.75, 3.05) is 53.6 Å². The molecule has 0 saturated carbocycles. The molecule has 4 aromatic rings. The Hall–Kier alpha value is -5.06. The molecular weight excluding hydrogens is 827 g/mol. The predicted octanol–water partition coefficient (Wildman–Crippen LogP) is 8.79. The molecule has 2 N–H and O–H groups in total. The number of nitrogens with zero attached hydrogens (tertiary/aromatic N) is 3. The van der Waals surface area contributed by atoms with Crippen LogP contribution in [0.15, 0.2) is 85.2 Å². The highest BCUT2D eigenvalue weighted by atomic mass is 19.1. The van der Waals surface area contributed by atoms with Crippen molar-refractivity contribution in [1.29, 1.82) is 0 Å². The van der Waals surface area contributed by atoms with Crippen LogP contribution in [0.5, 0.6) is 11.5 Å². The second-order valence-electron chi connectivity index (χ2n) is 16.1. The van der Waals surface area contributed by atoms with Crippen molar-refractivity contribution < 1.29 is 51.9 Å². The monoisotopic (exact) mass is 890 g/mol. The topological polar surface area (TPSA) is 151 Å². The molecule has 0 bridgehead atoms. The molecule has 4 saturated heterocycles. The van der Waals surface area contributed by atoms with Gasteiger partial charge in [0.25, 0.3) is 5.91 Å². The number of nitrogens with one attached hydrogen (secondary N) is 1. The Morgan fingerprint density at radius 1 is 0.719 bits per heavy atom. The molecule has 348 valence electrons. The summed E-state index contributed by atoms with van der Waals surface area (Å²) >= 11 is 0. The molecule has 2 aromatic heterocycles. The fourth-order valence-electron chi connectivity index (χ4n) is 9.07. The number of aromatic carboxylic acids is 1. The van der Waals surface area contributed by atoms with E-state index in [0.29, 0.717) is 38.6 Å². The van der Waals surface area contributed by atoms with Gasteiger partial charge in [0.1, 0.15) is 17.8 Å². The van der Waals surface area contributed by atoms with Crippen LogP contribution in [0.1, 0.15) is 117 Å². The van der Waals surface area contributed by atoms with Gasteiger partial charge in [-0.2, -0.15) is 0 Å². The highest BCUT2D eigenvalue weighted by Crippen LogP contribution is 2.45. The van der Waals surface area contributed by atoms with Crippen molar-refractivity contribution in [3.05, 3.63) is 119 Å². The van der Waals surface area contributed by atoms with Gasteiger partial charge in [-0.15, -0.1) is 0 Å². The van der Waals surface area contributed by atoms with Crippen molar-refractivity contribution in [2.24, 2.45) is 0 Å². The molecule has 4 unspecified atom stereocenters. The van der Waals surface area contributed by atoms with Crippen molar-refractivity contribution in [1.82, 2.24) is 20.2 Å². The summed E-state index contributed by atoms with van der Waals surface area (Å²) in [5, 5.41) is 12.0. The molecule has 0 aliphatic carbocycles. The summed E-state index contributed by atoms with van der Waals surface area (Å²) in [7, 11) is 2.60. The van der Waals surface area contributed by atoms with E-state index in [1.54, 1.807) is 17.2 Å². The lowest BCUT2D eigenvalue weighted by atomic mass is 9.81. The summed E-state index contributed by atoms with van der Waals surface area (Å²) in [5.74, 6) is -2.86. The maximum absolute atomic E-state index is 14.0. The lowest BCUT2D eigenvalue weighted by Crippen LogP contribution is -2.52. The first kappa shape index (κ1) is 49.9. The highest BCUT2D eigenvalue weighted by Gasteiger charge is 2.46. The molecule has 4 aliphatic heterocycles. The number of para-hydroxylation sites is 2. The van der Waals surface area contributed by atoms with Gasteiger partial charge in [0.2, 0.25) is 0 Å². The number of carbonyl (C=O) groups is 2. The standard InChI is InChI=1S/C24H29FN2O4.C16H24N2O2.C8H7FO3.CH4/c1-3-30-17-15-21(20-9-4-5-12-26-20)31-24(16-17)10-13-27(14-11-24)23(28)18-7-6-8-19(25)22(18)29-2;1-2-19-13-11-15(14-5-3-4-8-18-14)20-16(12-13)6-9-17-10-7-16;1-12-7-5(8(10)11)3-2-4-6(7)9;/h4-9,12,17,21H,3,10-11,13-16H2,1-2H3;3-5,8,13,15,17H,2,6-7,9-12H2,1H3;2-4H,1H3,(H,10,11);1H4. The van der Waals surface area contributed by atoms with Crippen LogP contribution in [0.25, 0.3) is 0 Å². The van der Waals surface area contributed by atoms with Crippen molar-refractivity contribution in [3.8, 4) is 11.5 Å². The number of aromatic nitrogens is 2. The van der Waals surface area contributed by atoms with Crippen LogP contribution >= 0.6 is 0 Å². The summed E-state index contributed by atoms with van der Waals surface area (Å²) in [6.45, 7) is 8.64. The number of piperidine rings is 2. The minimum atomic E-state index is -1.20. The van der Waals surface area contributed by atoms with Gasteiger partial charge >= 0.3 is 5.97 Å². The van der Waals surface area contributed by atoms with Gasteiger partial charge in [0.05, 0.1) is 54.6 Å². The van der Waals surface area contributed by atoms with Crippen LogP contribution in [-0.2, 0) is 18.9 Å². The van der Waals surface area contributed by atoms with Gasteiger partial charge in [-0.3, -0.25) is 14.8 Å². The number of methoxy groups -OCH3 is 2. The Morgan fingerprint density at radius 2 is 1.19 bits per heavy atom. The molecular formula is C49H64F2N4O9. The van der Waals surface area contributed by atoms with Gasteiger partial charge in [-0.05, 0) is 101 Å². The number of halogens is 2. The summed E-state index contributed by atoms with van der Waals surface area (Å²) < 4.78 is 61.6. The average molecular weight is 891 g/mol. The number of carboxylic acids is 1. The minimum Gasteiger partial charge on any atom is -0.493 e. The van der Waals surface area contributed by atoms with E-state index in [9.17, 15) is 18.4 Å². The normalized spacial score (nSPS) is 22.1. The largest absolute Gasteiger partial charge is 0.493 e. The smallest absolute Gasteiger partial charge is 0.339 e. The maximum Gasteiger partial charge on any atom is 0.339 e. The number of ether oxygens (including phenoxy) is 6. The zero-order chi connectivity index (χ0) is 44.8. The SMILES string of the molecule is C.CCOC1CC(c2ccccn2)OC2(CCN(C(=O)c3cccc(F)c3OC)CC2)C1.CCOC1CC(c2ccccn2)OC2(CCNCC2)C1.COc1c(F)cccc1C(=O)O. The third kappa shape index (κ3) is 12.6. The zero-order valence-corrected chi connectivity index (χ0v) is 36.6. The molecule has 0 radical (unpaired) electrons. The zero-order valence-electron chi connectivity index (χ0n) is 36.6. The van der Waals surface area contributed by atoms with Crippen molar-refractivity contribution in [2.45, 2.75) is 108 Å². The van der Waals surface area contributed by atoms with E-state index in [-0.39, 0.29) is 65.5 Å². The quantitative estimate of drug-likeness (QED) is 0.157. The Kier molecular flexibility index (Phi) is 18.5. The fourth-order valence-corrected chi connectivity index (χ4v) is 9.07. The molecule has 4 atom stereocenters. The highest BCUT2D eigenvalue weighted by molar-refractivity contribution is 5.97. The minimum absolute atomic E-state index is 0. The molecule has 8 rings (SSSR count). The maximum atomic E-state index is 14.0. The second-order valence-corrected chi connectivity index (χ2v) is 16.1. The summed E-state index contributed by atoms with van der Waals surface area (Å²) in [6, 6.07) is 20.1. The fraction of sp³-hybridized carbons (Fsp3) is 0.510. The first-order valence-corrected chi connectivity index (χ1v) is 21.8. The lowest BCUT2D eigenvalue weighted by molar-refractivity contribution is -0.191. The van der Waals surface area contributed by atoms with Crippen LogP contribution in [0.2, 0.25) is 0 Å². The third-order valence-corrected chi connectivity index (χ3v) is 12.1. The summed E-state index contributed by atoms with van der Waals surface area (Å²) in [6.07, 6.45) is 11.0. The molecule has 4 aliphatic rings. The number of amides is 1. The Labute approximate surface area is 375 Å². The van der Waals surface area contributed by atoms with Crippen LogP contribution in [0, 0.1) is 11.6 Å². The van der Waals surface area contributed by atoms with Gasteiger partial charge < -0.3 is 43.7 Å². The Balaban J connectivity index is 0.000000200. The molecule has 2 aromatic carbocycles. The predicted molar refractivity (Wildman–Crippen MR) is 238 cm³/mol. The van der Waals surface area contributed by atoms with Crippen LogP contribution in [-0.4, -0.2) is 109 Å². The number of carbonyl (C=O) groups excluding carboxylic acids is 1. The van der Waals surface area contributed by atoms with Gasteiger partial charge in [0.15, 0.2) is 23.1 Å². The number of hydrogen-bond acceptors (Lipinski definition) is 11. The number of carboxylic acid groups (broad SMARTS) is 1. The number of likely N-dealkylation sites (tertiary alicyclic amines) is 1. The van der Waals surface area contributed by atoms with E-state index in [1.807, 2.05) is 43.5 Å². The lowest BCUT2D eigenvalue weighted by Gasteiger charge is -2.48. The molecule has 64 heavy (non-hydrogen) atoms. The van der Waals surface area contributed by atoms with Crippen molar-refractivity contribution >= 4 is 11.9 Å². The van der Waals surface area contributed by atoms with Crippen molar-refractivity contribution in [3.63, 3.8) is 0 Å². The van der Waals surface area contributed by atoms with Gasteiger partial charge in [-0.1, -0.05) is 31.7 Å². The Bertz CT molecular complexity index is 2070. The molecule has 1 amide bonds. The van der Waals surface area contributed by atoms with Gasteiger partial charge in [0, 0.05) is 64.4 Å². The van der Waals surface area contributed by atoms with E-state index < -0.39 is 17.6 Å². The van der Waals surface area contributed by atoms with Crippen LogP contribution in [0.4, 0.5) is 8.78 Å². The van der Waals surface area contributed by atoms with E-state index in [4.69, 9.17) is 28.8 Å². The molecule has 13 nitrogen and oxygen atoms in total. The van der Waals surface area contributed by atoms with Crippen LogP contribution < -0.4 is 14.8 Å². The molecule has 6 heterocycles. The van der Waals surface area contributed by atoms with E-state index in [0.717, 1.165) is 75.7 Å². The third-order valence-electron chi connectivity index (χ3n) is 12.1. The first-order valence-electron chi connectivity index (χ1n) is 21.8. The summed E-state index contributed by atoms with van der Waals surface area (Å²) in [5.41, 5.74) is 1.65. The van der Waals surface area contributed by atoms with Crippen LogP contribution in [0.3, 0.4) is 0 Å². The number of benzene rings is 2. The first-order chi connectivity index (χ1) is 30.5. The van der Waals surface area contributed by atoms with E-state index >= 15 is 0 Å². The van der Waals surface area contributed by atoms with E-state index in [2.05, 4.69) is 33.0 Å². The van der Waals surface area contributed by atoms with Gasteiger partial charge in [-0.25, -0.2) is 13.6 Å². The molecule has 4 fully saturated rings. The average Bonchev–Trinajstić information content (AvgIpc) is 3.30. The molecule has 15 heteroatoms. The van der Waals surface area contributed by atoms with E-state index in [1.165, 1.54) is 38.5 Å². The number of rotatable bonds is 10. The Morgan fingerprint density at radius 3 is 1.61 bits per heavy atom.